The largest absolute Gasteiger partial charge is 0.480 e. The maximum atomic E-state index is 14.0. The van der Waals surface area contributed by atoms with E-state index < -0.39 is 17.5 Å². The third kappa shape index (κ3) is 3.37. The van der Waals surface area contributed by atoms with Crippen LogP contribution in [-0.4, -0.2) is 38.7 Å². The summed E-state index contributed by atoms with van der Waals surface area (Å²) in [6.07, 6.45) is 4.30. The summed E-state index contributed by atoms with van der Waals surface area (Å²) >= 11 is 6.38. The van der Waals surface area contributed by atoms with Gasteiger partial charge in [-0.25, -0.2) is 18.2 Å². The smallest absolute Gasteiger partial charge is 0.256 e. The summed E-state index contributed by atoms with van der Waals surface area (Å²) in [5.41, 5.74) is 2.53. The molecule has 0 radical (unpaired) electrons. The van der Waals surface area contributed by atoms with Crippen molar-refractivity contribution in [2.75, 3.05) is 7.11 Å². The molecular weight excluding hydrogens is 457 g/mol. The molecule has 1 fully saturated rings. The molecule has 3 aromatic rings. The molecule has 2 aromatic heterocycles. The lowest BCUT2D eigenvalue weighted by atomic mass is 9.81. The second-order valence-corrected chi connectivity index (χ2v) is 8.67. The number of ether oxygens (including phenoxy) is 1. The highest BCUT2D eigenvalue weighted by Crippen LogP contribution is 2.45. The predicted molar refractivity (Wildman–Crippen MR) is 115 cm³/mol. The van der Waals surface area contributed by atoms with Gasteiger partial charge in [-0.15, -0.1) is 0 Å². The van der Waals surface area contributed by atoms with E-state index in [1.165, 1.54) is 13.3 Å². The minimum absolute atomic E-state index is 0.142. The first-order valence-electron chi connectivity index (χ1n) is 10.5. The van der Waals surface area contributed by atoms with E-state index in [1.807, 2.05) is 0 Å². The molecule has 5 rings (SSSR count). The number of halogens is 4. The Kier molecular flexibility index (Phi) is 5.31. The van der Waals surface area contributed by atoms with Crippen LogP contribution < -0.4 is 4.74 Å². The molecule has 0 aliphatic carbocycles. The van der Waals surface area contributed by atoms with Gasteiger partial charge in [-0.2, -0.15) is 5.10 Å². The summed E-state index contributed by atoms with van der Waals surface area (Å²) in [5.74, 6) is -4.09. The fraction of sp³-hybridized carbons (Fsp3) is 0.348. The summed E-state index contributed by atoms with van der Waals surface area (Å²) in [6.45, 7) is 0. The maximum absolute atomic E-state index is 14.0. The number of aromatic nitrogens is 3. The Morgan fingerprint density at radius 1 is 1.21 bits per heavy atom. The van der Waals surface area contributed by atoms with Crippen molar-refractivity contribution in [2.24, 2.45) is 7.05 Å². The number of pyridine rings is 1. The zero-order valence-corrected chi connectivity index (χ0v) is 18.7. The van der Waals surface area contributed by atoms with Gasteiger partial charge in [0.1, 0.15) is 5.02 Å². The highest BCUT2D eigenvalue weighted by molar-refractivity contribution is 6.35. The van der Waals surface area contributed by atoms with Crippen molar-refractivity contribution in [1.82, 2.24) is 19.7 Å². The monoisotopic (exact) mass is 476 g/mol. The van der Waals surface area contributed by atoms with Gasteiger partial charge in [0.25, 0.3) is 5.91 Å². The molecule has 2 atom stereocenters. The third-order valence-electron chi connectivity index (χ3n) is 6.45. The number of carbonyl (C=O) groups excluding carboxylic acids is 1. The number of rotatable bonds is 3. The zero-order chi connectivity index (χ0) is 23.4. The molecule has 2 aliphatic rings. The minimum Gasteiger partial charge on any atom is -0.480 e. The van der Waals surface area contributed by atoms with E-state index >= 15 is 0 Å². The van der Waals surface area contributed by atoms with Crippen molar-refractivity contribution in [3.05, 3.63) is 63.7 Å². The maximum Gasteiger partial charge on any atom is 0.256 e. The lowest BCUT2D eigenvalue weighted by Crippen LogP contribution is -2.50. The first kappa shape index (κ1) is 21.8. The lowest BCUT2D eigenvalue weighted by molar-refractivity contribution is 0.0391. The van der Waals surface area contributed by atoms with Gasteiger partial charge in [0.2, 0.25) is 5.88 Å². The van der Waals surface area contributed by atoms with Gasteiger partial charge in [0.15, 0.2) is 17.5 Å². The van der Waals surface area contributed by atoms with Crippen LogP contribution in [0.4, 0.5) is 13.2 Å². The molecule has 0 saturated carbocycles. The van der Waals surface area contributed by atoms with Crippen LogP contribution in [0.15, 0.2) is 24.4 Å². The Balaban J connectivity index is 1.59. The first-order chi connectivity index (χ1) is 15.8. The average Bonchev–Trinajstić information content (AvgIpc) is 3.12. The molecule has 2 bridgehead atoms. The number of methoxy groups -OCH3 is 1. The molecule has 6 nitrogen and oxygen atoms in total. The molecule has 1 amide bonds. The van der Waals surface area contributed by atoms with Crippen LogP contribution in [0.5, 0.6) is 5.88 Å². The summed E-state index contributed by atoms with van der Waals surface area (Å²) in [6, 6.07) is 3.06. The van der Waals surface area contributed by atoms with Crippen molar-refractivity contribution in [3.8, 4) is 17.1 Å². The standard InChI is InChI=1S/C23H20ClF3N4O2/c1-30-21(11-8-15(25)19(27)16(26)9-11)14-10-12-4-3-5-17(20(14)29-30)31(12)23(32)13-6-7-28-22(33-2)18(13)24/h6-9,12,17H,3-5,10H2,1-2H3/t12-,17+/m0/s1. The Morgan fingerprint density at radius 2 is 1.94 bits per heavy atom. The minimum atomic E-state index is -1.51. The molecule has 0 unspecified atom stereocenters. The molecule has 4 heterocycles. The SMILES string of the molecule is COc1nccc(C(=O)N2[C@H]3CCC[C@@H]2c2nn(C)c(-c4cc(F)c(F)c(F)c4)c2C3)c1Cl. The Morgan fingerprint density at radius 3 is 2.64 bits per heavy atom. The predicted octanol–water partition coefficient (Wildman–Crippen LogP) is 4.85. The Hall–Kier alpha value is -3.07. The summed E-state index contributed by atoms with van der Waals surface area (Å²) in [7, 11) is 3.11. The van der Waals surface area contributed by atoms with Crippen LogP contribution in [0.2, 0.25) is 5.02 Å². The van der Waals surface area contributed by atoms with Crippen LogP contribution in [0.3, 0.4) is 0 Å². The molecule has 10 heteroatoms. The number of piperidine rings is 1. The molecule has 0 spiro atoms. The number of nitrogens with zero attached hydrogens (tertiary/aromatic N) is 4. The van der Waals surface area contributed by atoms with E-state index in [1.54, 1.807) is 22.7 Å². The summed E-state index contributed by atoms with van der Waals surface area (Å²) in [5, 5.41) is 4.77. The van der Waals surface area contributed by atoms with E-state index in [-0.39, 0.29) is 34.5 Å². The van der Waals surface area contributed by atoms with Gasteiger partial charge in [-0.3, -0.25) is 9.48 Å². The van der Waals surface area contributed by atoms with Crippen molar-refractivity contribution >= 4 is 17.5 Å². The second kappa shape index (κ2) is 8.06. The highest BCUT2D eigenvalue weighted by atomic mass is 35.5. The van der Waals surface area contributed by atoms with Gasteiger partial charge in [0.05, 0.1) is 30.1 Å². The van der Waals surface area contributed by atoms with Crippen molar-refractivity contribution in [1.29, 1.82) is 0 Å². The van der Waals surface area contributed by atoms with E-state index in [9.17, 15) is 18.0 Å². The van der Waals surface area contributed by atoms with Gasteiger partial charge < -0.3 is 9.64 Å². The van der Waals surface area contributed by atoms with Crippen molar-refractivity contribution < 1.29 is 22.7 Å². The number of hydrogen-bond acceptors (Lipinski definition) is 4. The number of carbonyl (C=O) groups is 1. The molecule has 1 saturated heterocycles. The first-order valence-corrected chi connectivity index (χ1v) is 10.9. The molecule has 172 valence electrons. The van der Waals surface area contributed by atoms with Crippen LogP contribution in [0, 0.1) is 17.5 Å². The topological polar surface area (TPSA) is 60.2 Å². The van der Waals surface area contributed by atoms with E-state index in [0.717, 1.165) is 30.5 Å². The molecule has 2 aliphatic heterocycles. The molecule has 0 N–H and O–H groups in total. The fourth-order valence-electron chi connectivity index (χ4n) is 5.07. The van der Waals surface area contributed by atoms with E-state index in [0.29, 0.717) is 29.8 Å². The molecule has 33 heavy (non-hydrogen) atoms. The highest BCUT2D eigenvalue weighted by Gasteiger charge is 2.44. The molecular formula is C23H20ClF3N4O2. The number of hydrogen-bond donors (Lipinski definition) is 0. The summed E-state index contributed by atoms with van der Waals surface area (Å²) in [4.78, 5) is 19.4. The van der Waals surface area contributed by atoms with Crippen LogP contribution in [0.1, 0.15) is 46.9 Å². The number of benzene rings is 1. The van der Waals surface area contributed by atoms with Crippen LogP contribution in [-0.2, 0) is 13.5 Å². The zero-order valence-electron chi connectivity index (χ0n) is 17.9. The Bertz CT molecular complexity index is 1260. The van der Waals surface area contributed by atoms with Crippen molar-refractivity contribution in [3.63, 3.8) is 0 Å². The van der Waals surface area contributed by atoms with Crippen LogP contribution in [0.25, 0.3) is 11.3 Å². The third-order valence-corrected chi connectivity index (χ3v) is 6.81. The van der Waals surface area contributed by atoms with Gasteiger partial charge in [-0.05, 0) is 43.9 Å². The van der Waals surface area contributed by atoms with Gasteiger partial charge >= 0.3 is 0 Å². The normalized spacial score (nSPS) is 19.4. The number of fused-ring (bicyclic) bond motifs is 4. The Labute approximate surface area is 192 Å². The number of amides is 1. The quantitative estimate of drug-likeness (QED) is 0.507. The van der Waals surface area contributed by atoms with Crippen molar-refractivity contribution in [2.45, 2.75) is 37.8 Å². The number of aryl methyl sites for hydroxylation is 1. The average molecular weight is 477 g/mol. The lowest BCUT2D eigenvalue weighted by Gasteiger charge is -2.45. The van der Waals surface area contributed by atoms with Gasteiger partial charge in [0, 0.05) is 30.4 Å². The molecule has 1 aromatic carbocycles. The van der Waals surface area contributed by atoms with E-state index in [4.69, 9.17) is 16.3 Å². The summed E-state index contributed by atoms with van der Waals surface area (Å²) < 4.78 is 48.1. The van der Waals surface area contributed by atoms with Crippen LogP contribution >= 0.6 is 11.6 Å². The van der Waals surface area contributed by atoms with Gasteiger partial charge in [-0.1, -0.05) is 11.6 Å². The van der Waals surface area contributed by atoms with E-state index in [2.05, 4.69) is 10.1 Å². The fourth-order valence-corrected chi connectivity index (χ4v) is 5.34. The second-order valence-electron chi connectivity index (χ2n) is 8.29.